The van der Waals surface area contributed by atoms with Gasteiger partial charge in [-0.1, -0.05) is 96.3 Å². The highest BCUT2D eigenvalue weighted by molar-refractivity contribution is 6.81. The summed E-state index contributed by atoms with van der Waals surface area (Å²) in [7, 11) is -1.63. The highest BCUT2D eigenvalue weighted by Crippen LogP contribution is 2.58. The van der Waals surface area contributed by atoms with Crippen molar-refractivity contribution in [3.8, 4) is 0 Å². The zero-order valence-electron chi connectivity index (χ0n) is 21.0. The van der Waals surface area contributed by atoms with Gasteiger partial charge in [-0.05, 0) is 36.5 Å². The minimum Gasteiger partial charge on any atom is -0.466 e. The summed E-state index contributed by atoms with van der Waals surface area (Å²) in [5, 5.41) is 0. The third-order valence-electron chi connectivity index (χ3n) is 9.54. The molecule has 1 saturated heterocycles. The second-order valence-electron chi connectivity index (χ2n) is 11.3. The first-order valence-electron chi connectivity index (χ1n) is 14.4. The van der Waals surface area contributed by atoms with E-state index in [2.05, 4.69) is 9.47 Å². The van der Waals surface area contributed by atoms with Crippen molar-refractivity contribution in [2.75, 3.05) is 32.9 Å². The maximum atomic E-state index is 12.1. The molecule has 0 aromatic rings. The van der Waals surface area contributed by atoms with Gasteiger partial charge in [0, 0.05) is 19.8 Å². The van der Waals surface area contributed by atoms with Crippen molar-refractivity contribution < 1.29 is 9.53 Å². The number of hydrogen-bond donors (Lipinski definition) is 0. The van der Waals surface area contributed by atoms with Crippen molar-refractivity contribution in [1.82, 2.24) is 9.47 Å². The first-order chi connectivity index (χ1) is 15.7. The van der Waals surface area contributed by atoms with E-state index in [-0.39, 0.29) is 5.97 Å². The van der Waals surface area contributed by atoms with Crippen LogP contribution in [0.5, 0.6) is 0 Å². The third kappa shape index (κ3) is 5.63. The molecule has 0 bridgehead atoms. The molecule has 0 aromatic heterocycles. The fourth-order valence-electron chi connectivity index (χ4n) is 8.32. The zero-order chi connectivity index (χ0) is 22.2. The Bertz CT molecular complexity index is 522. The van der Waals surface area contributed by atoms with Crippen LogP contribution in [-0.2, 0) is 9.53 Å². The highest BCUT2D eigenvalue weighted by atomic mass is 28.3. The van der Waals surface area contributed by atoms with E-state index in [0.717, 1.165) is 29.8 Å². The van der Waals surface area contributed by atoms with E-state index in [4.69, 9.17) is 4.74 Å². The molecule has 32 heavy (non-hydrogen) atoms. The summed E-state index contributed by atoms with van der Waals surface area (Å²) in [4.78, 5) is 14.7. The smallest absolute Gasteiger partial charge is 0.307 e. The minimum atomic E-state index is -1.63. The maximum Gasteiger partial charge on any atom is 0.307 e. The van der Waals surface area contributed by atoms with Gasteiger partial charge in [-0.15, -0.1) is 0 Å². The Morgan fingerprint density at radius 1 is 0.750 bits per heavy atom. The molecule has 0 aromatic carbocycles. The lowest BCUT2D eigenvalue weighted by molar-refractivity contribution is -0.143. The van der Waals surface area contributed by atoms with E-state index in [1.165, 1.54) is 116 Å². The second-order valence-corrected chi connectivity index (χ2v) is 16.2. The summed E-state index contributed by atoms with van der Waals surface area (Å²) in [5.74, 6) is -0.0139. The molecule has 4 rings (SSSR count). The summed E-state index contributed by atoms with van der Waals surface area (Å²) < 4.78 is 8.41. The van der Waals surface area contributed by atoms with Crippen molar-refractivity contribution in [3.05, 3.63) is 0 Å². The molecule has 0 unspecified atom stereocenters. The number of esters is 1. The fraction of sp³-hybridized carbons (Fsp3) is 0.963. The predicted molar refractivity (Wildman–Crippen MR) is 135 cm³/mol. The largest absolute Gasteiger partial charge is 0.466 e. The summed E-state index contributed by atoms with van der Waals surface area (Å²) in [6.07, 6.45) is 24.4. The van der Waals surface area contributed by atoms with Gasteiger partial charge in [-0.2, -0.15) is 0 Å². The Morgan fingerprint density at radius 3 is 1.72 bits per heavy atom. The summed E-state index contributed by atoms with van der Waals surface area (Å²) in [6.45, 7) is 6.96. The maximum absolute atomic E-state index is 12.1. The second kappa shape index (κ2) is 12.4. The fourth-order valence-corrected chi connectivity index (χ4v) is 16.9. The first-order valence-corrected chi connectivity index (χ1v) is 16.6. The van der Waals surface area contributed by atoms with Crippen LogP contribution < -0.4 is 0 Å². The van der Waals surface area contributed by atoms with Gasteiger partial charge in [0.1, 0.15) is 8.24 Å². The molecule has 3 aliphatic carbocycles. The molecule has 4 aliphatic rings. The molecule has 5 heteroatoms. The molecular formula is C27H50N2O2Si. The number of hydrogen-bond acceptors (Lipinski definition) is 4. The van der Waals surface area contributed by atoms with Crippen molar-refractivity contribution in [3.63, 3.8) is 0 Å². The molecule has 4 nitrogen and oxygen atoms in total. The lowest BCUT2D eigenvalue weighted by Crippen LogP contribution is -2.67. The Balaban J connectivity index is 1.59. The van der Waals surface area contributed by atoms with E-state index < -0.39 is 8.24 Å². The molecule has 1 heterocycles. The van der Waals surface area contributed by atoms with Crippen LogP contribution in [0.15, 0.2) is 0 Å². The van der Waals surface area contributed by atoms with Crippen molar-refractivity contribution in [2.24, 2.45) is 0 Å². The number of carbonyl (C=O) groups is 1. The quantitative estimate of drug-likeness (QED) is 0.291. The Labute approximate surface area is 198 Å². The highest BCUT2D eigenvalue weighted by Gasteiger charge is 2.56. The number of rotatable bonds is 8. The standard InChI is InChI=1S/C27H50N2O2Si/c1-2-31-27(30)19-22-28-20-12-21-29(23-28)32(24-13-6-3-7-14-24,25-15-8-4-9-16-25)26-17-10-5-11-18-26/h24-26H,2-23H2,1H3. The first kappa shape index (κ1) is 24.7. The van der Waals surface area contributed by atoms with Crippen LogP contribution in [0, 0.1) is 0 Å². The molecule has 0 N–H and O–H groups in total. The van der Waals surface area contributed by atoms with E-state index in [0.29, 0.717) is 13.0 Å². The molecule has 0 spiro atoms. The summed E-state index contributed by atoms with van der Waals surface area (Å²) in [5.41, 5.74) is 3.10. The molecular weight excluding hydrogens is 412 g/mol. The van der Waals surface area contributed by atoms with Crippen LogP contribution in [0.3, 0.4) is 0 Å². The summed E-state index contributed by atoms with van der Waals surface area (Å²) >= 11 is 0. The predicted octanol–water partition coefficient (Wildman–Crippen LogP) is 6.85. The molecule has 0 atom stereocenters. The van der Waals surface area contributed by atoms with E-state index in [1.54, 1.807) is 0 Å². The Kier molecular flexibility index (Phi) is 9.54. The average molecular weight is 463 g/mol. The zero-order valence-corrected chi connectivity index (χ0v) is 22.0. The third-order valence-corrected chi connectivity index (χ3v) is 16.7. The summed E-state index contributed by atoms with van der Waals surface area (Å²) in [6, 6.07) is 0. The van der Waals surface area contributed by atoms with Gasteiger partial charge < -0.3 is 9.30 Å². The molecule has 3 saturated carbocycles. The van der Waals surface area contributed by atoms with Crippen LogP contribution in [-0.4, -0.2) is 56.6 Å². The number of ether oxygens (including phenoxy) is 1. The van der Waals surface area contributed by atoms with Crippen molar-refractivity contribution in [1.29, 1.82) is 0 Å². The van der Waals surface area contributed by atoms with E-state index in [1.807, 2.05) is 6.92 Å². The molecule has 1 aliphatic heterocycles. The average Bonchev–Trinajstić information content (AvgIpc) is 2.86. The van der Waals surface area contributed by atoms with Gasteiger partial charge in [0.25, 0.3) is 0 Å². The topological polar surface area (TPSA) is 32.8 Å². The van der Waals surface area contributed by atoms with Crippen molar-refractivity contribution >= 4 is 14.2 Å². The molecule has 0 amide bonds. The van der Waals surface area contributed by atoms with Crippen LogP contribution in [0.4, 0.5) is 0 Å². The van der Waals surface area contributed by atoms with Gasteiger partial charge in [0.05, 0.1) is 13.0 Å². The SMILES string of the molecule is CCOC(=O)CCN1CCCN([Si](C2CCCCC2)(C2CCCCC2)C2CCCCC2)C1. The Morgan fingerprint density at radius 2 is 1.25 bits per heavy atom. The number of carbonyl (C=O) groups excluding carboxylic acids is 1. The Hall–Kier alpha value is -0.393. The van der Waals surface area contributed by atoms with E-state index >= 15 is 0 Å². The van der Waals surface area contributed by atoms with Crippen LogP contribution >= 0.6 is 0 Å². The van der Waals surface area contributed by atoms with Crippen molar-refractivity contribution in [2.45, 2.75) is 133 Å². The number of nitrogens with zero attached hydrogens (tertiary/aromatic N) is 2. The molecule has 4 fully saturated rings. The minimum absolute atomic E-state index is 0.0139. The van der Waals surface area contributed by atoms with Gasteiger partial charge in [0.15, 0.2) is 0 Å². The van der Waals surface area contributed by atoms with Gasteiger partial charge in [0.2, 0.25) is 0 Å². The lowest BCUT2D eigenvalue weighted by Gasteiger charge is -2.60. The molecule has 184 valence electrons. The van der Waals surface area contributed by atoms with Crippen LogP contribution in [0.1, 0.15) is 116 Å². The van der Waals surface area contributed by atoms with Gasteiger partial charge in [-0.25, -0.2) is 0 Å². The van der Waals surface area contributed by atoms with Crippen LogP contribution in [0.25, 0.3) is 0 Å². The lowest BCUT2D eigenvalue weighted by atomic mass is 9.98. The van der Waals surface area contributed by atoms with Gasteiger partial charge in [-0.3, -0.25) is 9.69 Å². The normalized spacial score (nSPS) is 26.3. The van der Waals surface area contributed by atoms with E-state index in [9.17, 15) is 4.79 Å². The van der Waals surface area contributed by atoms with Crippen LogP contribution in [0.2, 0.25) is 16.6 Å². The van der Waals surface area contributed by atoms with Gasteiger partial charge >= 0.3 is 5.97 Å². The molecule has 0 radical (unpaired) electrons. The monoisotopic (exact) mass is 462 g/mol.